The predicted octanol–water partition coefficient (Wildman–Crippen LogP) is 2.57. The van der Waals surface area contributed by atoms with Crippen LogP contribution in [0.15, 0.2) is 24.3 Å². The summed E-state index contributed by atoms with van der Waals surface area (Å²) in [6.45, 7) is 4.46. The van der Waals surface area contributed by atoms with Gasteiger partial charge >= 0.3 is 5.97 Å². The van der Waals surface area contributed by atoms with Crippen molar-refractivity contribution in [3.63, 3.8) is 0 Å². The van der Waals surface area contributed by atoms with Crippen LogP contribution in [0, 0.1) is 6.92 Å². The molecule has 1 saturated heterocycles. The van der Waals surface area contributed by atoms with Crippen LogP contribution >= 0.6 is 11.8 Å². The zero-order valence-electron chi connectivity index (χ0n) is 13.5. The van der Waals surface area contributed by atoms with Crippen molar-refractivity contribution in [3.05, 3.63) is 29.8 Å². The molecule has 1 amide bonds. The molecule has 0 saturated carbocycles. The van der Waals surface area contributed by atoms with Crippen molar-refractivity contribution in [2.24, 2.45) is 0 Å². The van der Waals surface area contributed by atoms with E-state index in [1.165, 1.54) is 0 Å². The molecule has 1 heterocycles. The van der Waals surface area contributed by atoms with E-state index in [2.05, 4.69) is 0 Å². The van der Waals surface area contributed by atoms with Crippen molar-refractivity contribution in [2.45, 2.75) is 38.8 Å². The first-order valence-electron chi connectivity index (χ1n) is 7.84. The third-order valence-corrected chi connectivity index (χ3v) is 4.93. The molecule has 1 fully saturated rings. The van der Waals surface area contributed by atoms with Crippen LogP contribution < -0.4 is 4.74 Å². The monoisotopic (exact) mass is 337 g/mol. The molecule has 23 heavy (non-hydrogen) atoms. The molecule has 1 aromatic carbocycles. The summed E-state index contributed by atoms with van der Waals surface area (Å²) in [5.41, 5.74) is 1.07. The van der Waals surface area contributed by atoms with Crippen LogP contribution in [0.1, 0.15) is 25.3 Å². The van der Waals surface area contributed by atoms with Crippen molar-refractivity contribution in [1.82, 2.24) is 4.90 Å². The number of aliphatic carboxylic acids is 1. The van der Waals surface area contributed by atoms with Crippen LogP contribution in [0.2, 0.25) is 0 Å². The van der Waals surface area contributed by atoms with E-state index in [1.54, 1.807) is 16.7 Å². The zero-order chi connectivity index (χ0) is 16.8. The molecular weight excluding hydrogens is 314 g/mol. The third-order valence-electron chi connectivity index (χ3n) is 3.83. The predicted molar refractivity (Wildman–Crippen MR) is 91.0 cm³/mol. The van der Waals surface area contributed by atoms with E-state index in [9.17, 15) is 9.59 Å². The number of hydrogen-bond donors (Lipinski definition) is 1. The second kappa shape index (κ2) is 8.24. The summed E-state index contributed by atoms with van der Waals surface area (Å²) in [5, 5.41) is 9.05. The Morgan fingerprint density at radius 1 is 1.48 bits per heavy atom. The molecule has 0 bridgehead atoms. The molecule has 1 aliphatic rings. The van der Waals surface area contributed by atoms with Crippen molar-refractivity contribution >= 4 is 23.6 Å². The van der Waals surface area contributed by atoms with Crippen LogP contribution in [-0.4, -0.2) is 52.1 Å². The second-order valence-corrected chi connectivity index (χ2v) is 6.84. The minimum Gasteiger partial charge on any atom is -0.481 e. The van der Waals surface area contributed by atoms with Crippen molar-refractivity contribution in [3.8, 4) is 5.75 Å². The van der Waals surface area contributed by atoms with Crippen molar-refractivity contribution < 1.29 is 19.4 Å². The lowest BCUT2D eigenvalue weighted by atomic mass is 10.1. The lowest BCUT2D eigenvalue weighted by Gasteiger charge is -2.36. The molecule has 1 N–H and O–H groups in total. The molecule has 0 aromatic heterocycles. The van der Waals surface area contributed by atoms with Crippen molar-refractivity contribution in [1.29, 1.82) is 0 Å². The number of benzene rings is 1. The number of amides is 1. The smallest absolute Gasteiger partial charge is 0.305 e. The zero-order valence-corrected chi connectivity index (χ0v) is 14.3. The highest BCUT2D eigenvalue weighted by Gasteiger charge is 2.33. The second-order valence-electron chi connectivity index (χ2n) is 5.69. The Labute approximate surface area is 141 Å². The number of carbonyl (C=O) groups excluding carboxylic acids is 1. The molecule has 2 rings (SSSR count). The normalized spacial score (nSPS) is 19.2. The Hall–Kier alpha value is -1.69. The summed E-state index contributed by atoms with van der Waals surface area (Å²) < 4.78 is 5.87. The number of carboxylic acid groups (broad SMARTS) is 1. The fourth-order valence-corrected chi connectivity index (χ4v) is 3.72. The maximum Gasteiger partial charge on any atom is 0.305 e. The summed E-state index contributed by atoms with van der Waals surface area (Å²) in [6, 6.07) is 7.35. The van der Waals surface area contributed by atoms with E-state index in [1.807, 2.05) is 38.1 Å². The van der Waals surface area contributed by atoms with Crippen LogP contribution in [0.5, 0.6) is 5.75 Å². The van der Waals surface area contributed by atoms with E-state index >= 15 is 0 Å². The lowest BCUT2D eigenvalue weighted by molar-refractivity contribution is -0.144. The maximum atomic E-state index is 12.8. The SMILES string of the molecule is CCC(Oc1cccc(C)c1)C(=O)N1CCSCC1CC(=O)O. The number of carbonyl (C=O) groups is 2. The fourth-order valence-electron chi connectivity index (χ4n) is 2.66. The Balaban J connectivity index is 2.09. The molecule has 1 aliphatic heterocycles. The number of rotatable bonds is 6. The summed E-state index contributed by atoms with van der Waals surface area (Å²) >= 11 is 1.69. The molecular formula is C17H23NO4S. The van der Waals surface area contributed by atoms with Gasteiger partial charge in [-0.15, -0.1) is 0 Å². The first-order chi connectivity index (χ1) is 11.0. The van der Waals surface area contributed by atoms with Gasteiger partial charge in [0.05, 0.1) is 12.5 Å². The van der Waals surface area contributed by atoms with E-state index in [4.69, 9.17) is 9.84 Å². The standard InChI is InChI=1S/C17H23NO4S/c1-3-15(22-14-6-4-5-12(2)9-14)17(21)18-7-8-23-11-13(18)10-16(19)20/h4-6,9,13,15H,3,7-8,10-11H2,1-2H3,(H,19,20). The molecule has 5 nitrogen and oxygen atoms in total. The topological polar surface area (TPSA) is 66.8 Å². The molecule has 6 heteroatoms. The van der Waals surface area contributed by atoms with Gasteiger partial charge in [-0.05, 0) is 31.0 Å². The van der Waals surface area contributed by atoms with Gasteiger partial charge in [0.2, 0.25) is 0 Å². The van der Waals surface area contributed by atoms with Gasteiger partial charge in [0.1, 0.15) is 5.75 Å². The average Bonchev–Trinajstić information content (AvgIpc) is 2.52. The van der Waals surface area contributed by atoms with E-state index < -0.39 is 12.1 Å². The number of aryl methyl sites for hydroxylation is 1. The number of hydrogen-bond acceptors (Lipinski definition) is 4. The van der Waals surface area contributed by atoms with Crippen LogP contribution in [0.3, 0.4) is 0 Å². The molecule has 2 unspecified atom stereocenters. The summed E-state index contributed by atoms with van der Waals surface area (Å²) in [7, 11) is 0. The molecule has 126 valence electrons. The number of thioether (sulfide) groups is 1. The number of carboxylic acids is 1. The molecule has 2 atom stereocenters. The van der Waals surface area contributed by atoms with Crippen LogP contribution in [-0.2, 0) is 9.59 Å². The van der Waals surface area contributed by atoms with E-state index in [0.29, 0.717) is 24.5 Å². The fraction of sp³-hybridized carbons (Fsp3) is 0.529. The highest BCUT2D eigenvalue weighted by atomic mass is 32.2. The Bertz CT molecular complexity index is 563. The van der Waals surface area contributed by atoms with Crippen LogP contribution in [0.25, 0.3) is 0 Å². The summed E-state index contributed by atoms with van der Waals surface area (Å²) in [5.74, 6) is 1.19. The summed E-state index contributed by atoms with van der Waals surface area (Å²) in [6.07, 6.45) is -0.0354. The highest BCUT2D eigenvalue weighted by molar-refractivity contribution is 7.99. The third kappa shape index (κ3) is 4.89. The highest BCUT2D eigenvalue weighted by Crippen LogP contribution is 2.22. The maximum absolute atomic E-state index is 12.8. The lowest BCUT2D eigenvalue weighted by Crippen LogP contribution is -2.51. The minimum absolute atomic E-state index is 0.0143. The van der Waals surface area contributed by atoms with E-state index in [0.717, 1.165) is 11.3 Å². The summed E-state index contributed by atoms with van der Waals surface area (Å²) in [4.78, 5) is 25.5. The van der Waals surface area contributed by atoms with Gasteiger partial charge in [0, 0.05) is 18.1 Å². The first-order valence-corrected chi connectivity index (χ1v) is 9.00. The first kappa shape index (κ1) is 17.7. The van der Waals surface area contributed by atoms with Crippen LogP contribution in [0.4, 0.5) is 0 Å². The number of ether oxygens (including phenoxy) is 1. The minimum atomic E-state index is -0.872. The van der Waals surface area contributed by atoms with Gasteiger partial charge in [0.25, 0.3) is 5.91 Å². The van der Waals surface area contributed by atoms with Crippen molar-refractivity contribution in [2.75, 3.05) is 18.1 Å². The molecule has 1 aromatic rings. The average molecular weight is 337 g/mol. The number of nitrogens with zero attached hydrogens (tertiary/aromatic N) is 1. The Morgan fingerprint density at radius 2 is 2.26 bits per heavy atom. The molecule has 0 radical (unpaired) electrons. The van der Waals surface area contributed by atoms with Gasteiger partial charge in [-0.1, -0.05) is 19.1 Å². The van der Waals surface area contributed by atoms with E-state index in [-0.39, 0.29) is 18.4 Å². The van der Waals surface area contributed by atoms with Gasteiger partial charge in [-0.3, -0.25) is 9.59 Å². The Kier molecular flexibility index (Phi) is 6.33. The van der Waals surface area contributed by atoms with Gasteiger partial charge in [-0.25, -0.2) is 0 Å². The Morgan fingerprint density at radius 3 is 2.91 bits per heavy atom. The molecule has 0 spiro atoms. The largest absolute Gasteiger partial charge is 0.481 e. The van der Waals surface area contributed by atoms with Gasteiger partial charge in [-0.2, -0.15) is 11.8 Å². The quantitative estimate of drug-likeness (QED) is 0.864. The van der Waals surface area contributed by atoms with Gasteiger partial charge < -0.3 is 14.7 Å². The molecule has 0 aliphatic carbocycles. The van der Waals surface area contributed by atoms with Gasteiger partial charge in [0.15, 0.2) is 6.10 Å².